The minimum Gasteiger partial charge on any atom is -0.490 e. The minimum atomic E-state index is -1.12. The molecule has 1 aromatic carbocycles. The van der Waals surface area contributed by atoms with Crippen molar-refractivity contribution < 1.29 is 42.9 Å². The summed E-state index contributed by atoms with van der Waals surface area (Å²) in [7, 11) is 1.22. The van der Waals surface area contributed by atoms with Crippen LogP contribution in [0.15, 0.2) is 39.7 Å². The maximum Gasteiger partial charge on any atom is 0.373 e. The lowest BCUT2D eigenvalue weighted by Gasteiger charge is -2.11. The highest BCUT2D eigenvalue weighted by molar-refractivity contribution is 8.18. The molecule has 2 amide bonds. The molecule has 0 saturated carbocycles. The van der Waals surface area contributed by atoms with E-state index in [4.69, 9.17) is 19.0 Å². The molecule has 0 radical (unpaired) electrons. The Hall–Kier alpha value is -3.73. The number of esters is 1. The standard InChI is InChI=1S/C21H19NO9S/c1-3-29-16-8-12(4-6-14(16)30-11-18(23)24)9-17-19(25)22(21(27)32-17)10-13-5-7-15(31-13)20(26)28-2/h4-9H,3,10-11H2,1-2H3,(H,23,24)/b17-9+. The van der Waals surface area contributed by atoms with Crippen molar-refractivity contribution in [3.8, 4) is 11.5 Å². The van der Waals surface area contributed by atoms with Gasteiger partial charge in [-0.1, -0.05) is 6.07 Å². The summed E-state index contributed by atoms with van der Waals surface area (Å²) in [5, 5.41) is 8.30. The van der Waals surface area contributed by atoms with Crippen molar-refractivity contribution >= 4 is 40.9 Å². The van der Waals surface area contributed by atoms with E-state index >= 15 is 0 Å². The van der Waals surface area contributed by atoms with E-state index in [0.717, 1.165) is 16.7 Å². The summed E-state index contributed by atoms with van der Waals surface area (Å²) in [6.45, 7) is 1.42. The van der Waals surface area contributed by atoms with Gasteiger partial charge in [0, 0.05) is 0 Å². The topological polar surface area (TPSA) is 133 Å². The van der Waals surface area contributed by atoms with E-state index in [1.165, 1.54) is 31.4 Å². The Morgan fingerprint density at radius 3 is 2.62 bits per heavy atom. The number of ether oxygens (including phenoxy) is 3. The summed E-state index contributed by atoms with van der Waals surface area (Å²) in [5.41, 5.74) is 0.563. The van der Waals surface area contributed by atoms with Gasteiger partial charge < -0.3 is 23.7 Å². The van der Waals surface area contributed by atoms with E-state index < -0.39 is 29.7 Å². The molecule has 1 N–H and O–H groups in total. The summed E-state index contributed by atoms with van der Waals surface area (Å²) in [6, 6.07) is 7.62. The highest BCUT2D eigenvalue weighted by Gasteiger charge is 2.35. The maximum absolute atomic E-state index is 12.7. The van der Waals surface area contributed by atoms with Gasteiger partial charge in [-0.25, -0.2) is 9.59 Å². The number of thioether (sulfide) groups is 1. The van der Waals surface area contributed by atoms with Gasteiger partial charge in [0.25, 0.3) is 11.1 Å². The Bertz CT molecular complexity index is 1090. The van der Waals surface area contributed by atoms with Gasteiger partial charge in [-0.15, -0.1) is 0 Å². The molecule has 1 saturated heterocycles. The van der Waals surface area contributed by atoms with Crippen LogP contribution in [0.25, 0.3) is 6.08 Å². The molecule has 0 unspecified atom stereocenters. The molecule has 168 valence electrons. The molecule has 2 heterocycles. The molecular formula is C21H19NO9S. The van der Waals surface area contributed by atoms with Crippen LogP contribution in [0.1, 0.15) is 28.8 Å². The first-order chi connectivity index (χ1) is 15.3. The lowest BCUT2D eigenvalue weighted by molar-refractivity contribution is -0.139. The molecule has 0 aliphatic carbocycles. The van der Waals surface area contributed by atoms with Crippen molar-refractivity contribution in [2.75, 3.05) is 20.3 Å². The van der Waals surface area contributed by atoms with Crippen molar-refractivity contribution in [1.82, 2.24) is 4.90 Å². The van der Waals surface area contributed by atoms with Crippen LogP contribution < -0.4 is 9.47 Å². The molecule has 1 fully saturated rings. The average molecular weight is 461 g/mol. The number of carbonyl (C=O) groups excluding carboxylic acids is 3. The van der Waals surface area contributed by atoms with Gasteiger partial charge in [0.2, 0.25) is 5.76 Å². The van der Waals surface area contributed by atoms with E-state index in [1.54, 1.807) is 19.1 Å². The molecule has 0 spiro atoms. The average Bonchev–Trinajstić information content (AvgIpc) is 3.33. The summed E-state index contributed by atoms with van der Waals surface area (Å²) in [5.74, 6) is -1.51. The number of aliphatic carboxylic acids is 1. The summed E-state index contributed by atoms with van der Waals surface area (Å²) in [6.07, 6.45) is 1.52. The van der Waals surface area contributed by atoms with E-state index in [0.29, 0.717) is 17.9 Å². The number of furan rings is 1. The molecule has 11 heteroatoms. The maximum atomic E-state index is 12.7. The fraction of sp³-hybridized carbons (Fsp3) is 0.238. The third-order valence-corrected chi connectivity index (χ3v) is 5.06. The lowest BCUT2D eigenvalue weighted by Crippen LogP contribution is -2.27. The highest BCUT2D eigenvalue weighted by atomic mass is 32.2. The number of hydrogen-bond acceptors (Lipinski definition) is 9. The van der Waals surface area contributed by atoms with E-state index in [2.05, 4.69) is 4.74 Å². The van der Waals surface area contributed by atoms with Gasteiger partial charge in [-0.05, 0) is 54.6 Å². The molecule has 32 heavy (non-hydrogen) atoms. The van der Waals surface area contributed by atoms with Crippen LogP contribution in [-0.2, 0) is 20.9 Å². The molecule has 1 aromatic heterocycles. The van der Waals surface area contributed by atoms with Crippen molar-refractivity contribution in [3.63, 3.8) is 0 Å². The third-order valence-electron chi connectivity index (χ3n) is 4.15. The number of amides is 2. The Morgan fingerprint density at radius 1 is 1.16 bits per heavy atom. The van der Waals surface area contributed by atoms with Gasteiger partial charge in [0.05, 0.1) is 25.2 Å². The second-order valence-electron chi connectivity index (χ2n) is 6.35. The van der Waals surface area contributed by atoms with Crippen LogP contribution in [0.4, 0.5) is 4.79 Å². The minimum absolute atomic E-state index is 0.0290. The predicted octanol–water partition coefficient (Wildman–Crippen LogP) is 3.16. The van der Waals surface area contributed by atoms with Gasteiger partial charge in [0.15, 0.2) is 18.1 Å². The predicted molar refractivity (Wildman–Crippen MR) is 112 cm³/mol. The second-order valence-corrected chi connectivity index (χ2v) is 7.34. The van der Waals surface area contributed by atoms with Crippen molar-refractivity contribution in [3.05, 3.63) is 52.3 Å². The monoisotopic (exact) mass is 461 g/mol. The van der Waals surface area contributed by atoms with Crippen LogP contribution in [0, 0.1) is 0 Å². The first-order valence-electron chi connectivity index (χ1n) is 9.36. The number of hydrogen-bond donors (Lipinski definition) is 1. The summed E-state index contributed by atoms with van der Waals surface area (Å²) in [4.78, 5) is 48.5. The van der Waals surface area contributed by atoms with E-state index in [9.17, 15) is 19.2 Å². The zero-order chi connectivity index (χ0) is 23.3. The first kappa shape index (κ1) is 22.9. The number of rotatable bonds is 9. The number of methoxy groups -OCH3 is 1. The number of carbonyl (C=O) groups is 4. The molecular weight excluding hydrogens is 442 g/mol. The highest BCUT2D eigenvalue weighted by Crippen LogP contribution is 2.35. The SMILES string of the molecule is CCOc1cc(/C=C2/SC(=O)N(Cc3ccc(C(=O)OC)o3)C2=O)ccc1OCC(=O)O. The summed E-state index contributed by atoms with van der Waals surface area (Å²) >= 11 is 0.767. The number of carboxylic acid groups (broad SMARTS) is 1. The smallest absolute Gasteiger partial charge is 0.373 e. The Kier molecular flexibility index (Phi) is 7.21. The molecule has 1 aliphatic heterocycles. The molecule has 0 bridgehead atoms. The number of benzene rings is 1. The lowest BCUT2D eigenvalue weighted by atomic mass is 10.2. The van der Waals surface area contributed by atoms with E-state index in [1.807, 2.05) is 0 Å². The normalized spacial score (nSPS) is 14.7. The van der Waals surface area contributed by atoms with Gasteiger partial charge in [0.1, 0.15) is 5.76 Å². The molecule has 0 atom stereocenters. The molecule has 10 nitrogen and oxygen atoms in total. The van der Waals surface area contributed by atoms with Crippen LogP contribution in [0.5, 0.6) is 11.5 Å². The Balaban J connectivity index is 1.77. The second kappa shape index (κ2) is 10.1. The van der Waals surface area contributed by atoms with Crippen LogP contribution in [0.3, 0.4) is 0 Å². The Morgan fingerprint density at radius 2 is 1.94 bits per heavy atom. The van der Waals surface area contributed by atoms with Gasteiger partial charge in [-0.2, -0.15) is 0 Å². The molecule has 2 aromatic rings. The van der Waals surface area contributed by atoms with Gasteiger partial charge >= 0.3 is 11.9 Å². The fourth-order valence-electron chi connectivity index (χ4n) is 2.76. The van der Waals surface area contributed by atoms with Crippen molar-refractivity contribution in [1.29, 1.82) is 0 Å². The third kappa shape index (κ3) is 5.30. The number of nitrogens with zero attached hydrogens (tertiary/aromatic N) is 1. The molecule has 3 rings (SSSR count). The quantitative estimate of drug-likeness (QED) is 0.438. The van der Waals surface area contributed by atoms with Crippen LogP contribution >= 0.6 is 11.8 Å². The number of carboxylic acids is 1. The zero-order valence-electron chi connectivity index (χ0n) is 17.2. The molecule has 1 aliphatic rings. The number of imide groups is 1. The Labute approximate surface area is 186 Å². The fourth-order valence-corrected chi connectivity index (χ4v) is 3.60. The first-order valence-corrected chi connectivity index (χ1v) is 10.2. The zero-order valence-corrected chi connectivity index (χ0v) is 18.0. The summed E-state index contributed by atoms with van der Waals surface area (Å²) < 4.78 is 20.6. The van der Waals surface area contributed by atoms with Crippen LogP contribution in [0.2, 0.25) is 0 Å². The van der Waals surface area contributed by atoms with Gasteiger partial charge in [-0.3, -0.25) is 14.5 Å². The largest absolute Gasteiger partial charge is 0.490 e. The van der Waals surface area contributed by atoms with E-state index in [-0.39, 0.29) is 28.7 Å². The van der Waals surface area contributed by atoms with Crippen molar-refractivity contribution in [2.45, 2.75) is 13.5 Å². The van der Waals surface area contributed by atoms with Crippen LogP contribution in [-0.4, -0.2) is 53.4 Å². The van der Waals surface area contributed by atoms with Crippen molar-refractivity contribution in [2.24, 2.45) is 0 Å².